The Morgan fingerprint density at radius 2 is 1.83 bits per heavy atom. The SMILES string of the molecule is Cc1cccc(CSCc2cc(F)cc(Br)c2)c1. The molecule has 2 aromatic carbocycles. The third-order valence-corrected chi connectivity index (χ3v) is 4.08. The Kier molecular flexibility index (Phi) is 4.84. The predicted molar refractivity (Wildman–Crippen MR) is 80.3 cm³/mol. The van der Waals surface area contributed by atoms with Crippen LogP contribution in [0.4, 0.5) is 4.39 Å². The van der Waals surface area contributed by atoms with Crippen molar-refractivity contribution >= 4 is 27.7 Å². The molecule has 3 heteroatoms. The fourth-order valence-corrected chi connectivity index (χ4v) is 3.22. The predicted octanol–water partition coefficient (Wildman–Crippen LogP) is 5.33. The minimum absolute atomic E-state index is 0.185. The molecule has 2 rings (SSSR count). The van der Waals surface area contributed by atoms with Gasteiger partial charge in [-0.05, 0) is 36.2 Å². The van der Waals surface area contributed by atoms with Crippen molar-refractivity contribution in [3.63, 3.8) is 0 Å². The molecular weight excluding hydrogens is 311 g/mol. The van der Waals surface area contributed by atoms with Crippen molar-refractivity contribution in [3.05, 3.63) is 69.4 Å². The molecule has 0 aliphatic heterocycles. The van der Waals surface area contributed by atoms with Crippen molar-refractivity contribution in [2.75, 3.05) is 0 Å². The largest absolute Gasteiger partial charge is 0.207 e. The standard InChI is InChI=1S/C15H14BrFS/c1-11-3-2-4-12(5-11)9-18-10-13-6-14(16)8-15(17)7-13/h2-8H,9-10H2,1H3. The van der Waals surface area contributed by atoms with Crippen LogP contribution < -0.4 is 0 Å². The molecule has 0 aliphatic rings. The first kappa shape index (κ1) is 13.6. The number of hydrogen-bond acceptors (Lipinski definition) is 1. The fraction of sp³-hybridized carbons (Fsp3) is 0.200. The van der Waals surface area contributed by atoms with Crippen LogP contribution in [-0.2, 0) is 11.5 Å². The van der Waals surface area contributed by atoms with Crippen molar-refractivity contribution in [2.45, 2.75) is 18.4 Å². The number of rotatable bonds is 4. The van der Waals surface area contributed by atoms with E-state index in [9.17, 15) is 4.39 Å². The second kappa shape index (κ2) is 6.39. The van der Waals surface area contributed by atoms with Gasteiger partial charge in [0.25, 0.3) is 0 Å². The van der Waals surface area contributed by atoms with E-state index in [1.54, 1.807) is 17.8 Å². The topological polar surface area (TPSA) is 0 Å². The highest BCUT2D eigenvalue weighted by Crippen LogP contribution is 2.22. The summed E-state index contributed by atoms with van der Waals surface area (Å²) >= 11 is 5.11. The van der Waals surface area contributed by atoms with Crippen molar-refractivity contribution in [1.82, 2.24) is 0 Å². The van der Waals surface area contributed by atoms with Crippen LogP contribution in [0.15, 0.2) is 46.9 Å². The summed E-state index contributed by atoms with van der Waals surface area (Å²) in [5, 5.41) is 0. The lowest BCUT2D eigenvalue weighted by Crippen LogP contribution is -1.86. The summed E-state index contributed by atoms with van der Waals surface area (Å²) in [6, 6.07) is 13.5. The Morgan fingerprint density at radius 1 is 1.06 bits per heavy atom. The summed E-state index contributed by atoms with van der Waals surface area (Å²) in [4.78, 5) is 0. The smallest absolute Gasteiger partial charge is 0.124 e. The molecule has 0 radical (unpaired) electrons. The highest BCUT2D eigenvalue weighted by molar-refractivity contribution is 9.10. The average molecular weight is 325 g/mol. The molecular formula is C15H14BrFS. The number of halogens is 2. The average Bonchev–Trinajstić information content (AvgIpc) is 2.27. The van der Waals surface area contributed by atoms with Crippen LogP contribution in [0.5, 0.6) is 0 Å². The first-order chi connectivity index (χ1) is 8.63. The van der Waals surface area contributed by atoms with E-state index in [2.05, 4.69) is 47.1 Å². The van der Waals surface area contributed by atoms with Gasteiger partial charge in [0.1, 0.15) is 5.82 Å². The summed E-state index contributed by atoms with van der Waals surface area (Å²) < 4.78 is 14.0. The summed E-state index contributed by atoms with van der Waals surface area (Å²) in [6.07, 6.45) is 0. The molecule has 2 aromatic rings. The van der Waals surface area contributed by atoms with E-state index in [-0.39, 0.29) is 5.82 Å². The third-order valence-electron chi connectivity index (χ3n) is 2.54. The first-order valence-electron chi connectivity index (χ1n) is 5.72. The lowest BCUT2D eigenvalue weighted by molar-refractivity contribution is 0.625. The number of benzene rings is 2. The lowest BCUT2D eigenvalue weighted by Gasteiger charge is -2.04. The highest BCUT2D eigenvalue weighted by atomic mass is 79.9. The Bertz CT molecular complexity index is 520. The molecule has 0 unspecified atom stereocenters. The van der Waals surface area contributed by atoms with Gasteiger partial charge in [0, 0.05) is 16.0 Å². The Labute approximate surface area is 120 Å². The summed E-state index contributed by atoms with van der Waals surface area (Å²) in [5.41, 5.74) is 3.61. The van der Waals surface area contributed by atoms with Gasteiger partial charge in [-0.25, -0.2) is 4.39 Å². The number of thioether (sulfide) groups is 1. The number of hydrogen-bond donors (Lipinski definition) is 0. The quantitative estimate of drug-likeness (QED) is 0.732. The molecule has 0 atom stereocenters. The van der Waals surface area contributed by atoms with Crippen LogP contribution in [-0.4, -0.2) is 0 Å². The second-order valence-corrected chi connectivity index (χ2v) is 6.16. The lowest BCUT2D eigenvalue weighted by atomic mass is 10.2. The zero-order valence-electron chi connectivity index (χ0n) is 10.1. The van der Waals surface area contributed by atoms with Crippen molar-refractivity contribution in [1.29, 1.82) is 0 Å². The summed E-state index contributed by atoms with van der Waals surface area (Å²) in [6.45, 7) is 2.10. The molecule has 0 aromatic heterocycles. The maximum absolute atomic E-state index is 13.2. The van der Waals surface area contributed by atoms with Crippen molar-refractivity contribution in [2.24, 2.45) is 0 Å². The van der Waals surface area contributed by atoms with E-state index in [4.69, 9.17) is 0 Å². The van der Waals surface area contributed by atoms with Gasteiger partial charge in [0.15, 0.2) is 0 Å². The minimum atomic E-state index is -0.185. The van der Waals surface area contributed by atoms with E-state index in [0.717, 1.165) is 21.5 Å². The van der Waals surface area contributed by atoms with Gasteiger partial charge in [-0.15, -0.1) is 0 Å². The Hall–Kier alpha value is -0.800. The van der Waals surface area contributed by atoms with Crippen molar-refractivity contribution in [3.8, 4) is 0 Å². The van der Waals surface area contributed by atoms with Gasteiger partial charge in [0.2, 0.25) is 0 Å². The molecule has 0 aliphatic carbocycles. The van der Waals surface area contributed by atoms with Gasteiger partial charge in [-0.3, -0.25) is 0 Å². The van der Waals surface area contributed by atoms with Crippen LogP contribution in [0.25, 0.3) is 0 Å². The van der Waals surface area contributed by atoms with Crippen LogP contribution in [0.1, 0.15) is 16.7 Å². The van der Waals surface area contributed by atoms with Crippen LogP contribution in [0.2, 0.25) is 0 Å². The molecule has 0 fully saturated rings. The molecule has 0 spiro atoms. The third kappa shape index (κ3) is 4.14. The van der Waals surface area contributed by atoms with E-state index >= 15 is 0 Å². The molecule has 18 heavy (non-hydrogen) atoms. The summed E-state index contributed by atoms with van der Waals surface area (Å²) in [7, 11) is 0. The highest BCUT2D eigenvalue weighted by Gasteiger charge is 2.00. The molecule has 0 heterocycles. The first-order valence-corrected chi connectivity index (χ1v) is 7.66. The number of aryl methyl sites for hydroxylation is 1. The van der Waals surface area contributed by atoms with E-state index in [1.165, 1.54) is 17.2 Å². The zero-order valence-corrected chi connectivity index (χ0v) is 12.5. The molecule has 0 amide bonds. The monoisotopic (exact) mass is 324 g/mol. The molecule has 0 N–H and O–H groups in total. The summed E-state index contributed by atoms with van der Waals surface area (Å²) in [5.74, 6) is 1.59. The van der Waals surface area contributed by atoms with E-state index in [0.29, 0.717) is 0 Å². The Balaban J connectivity index is 1.92. The van der Waals surface area contributed by atoms with Gasteiger partial charge < -0.3 is 0 Å². The fourth-order valence-electron chi connectivity index (χ4n) is 1.78. The van der Waals surface area contributed by atoms with Gasteiger partial charge in [-0.2, -0.15) is 11.8 Å². The van der Waals surface area contributed by atoms with Gasteiger partial charge >= 0.3 is 0 Å². The normalized spacial score (nSPS) is 10.6. The molecule has 0 saturated carbocycles. The molecule has 0 bridgehead atoms. The van der Waals surface area contributed by atoms with Gasteiger partial charge in [0.05, 0.1) is 0 Å². The molecule has 0 nitrogen and oxygen atoms in total. The molecule has 0 saturated heterocycles. The van der Waals surface area contributed by atoms with E-state index < -0.39 is 0 Å². The zero-order chi connectivity index (χ0) is 13.0. The van der Waals surface area contributed by atoms with E-state index in [1.807, 2.05) is 6.07 Å². The van der Waals surface area contributed by atoms with Crippen molar-refractivity contribution < 1.29 is 4.39 Å². The van der Waals surface area contributed by atoms with Crippen LogP contribution in [0.3, 0.4) is 0 Å². The maximum Gasteiger partial charge on any atom is 0.124 e. The molecule has 94 valence electrons. The van der Waals surface area contributed by atoms with Crippen LogP contribution >= 0.6 is 27.7 Å². The minimum Gasteiger partial charge on any atom is -0.207 e. The maximum atomic E-state index is 13.2. The van der Waals surface area contributed by atoms with Crippen LogP contribution in [0, 0.1) is 12.7 Å². The second-order valence-electron chi connectivity index (χ2n) is 4.26. The van der Waals surface area contributed by atoms with Gasteiger partial charge in [-0.1, -0.05) is 45.8 Å². The Morgan fingerprint density at radius 3 is 2.56 bits per heavy atom.